The Hall–Kier alpha value is -3.12. The van der Waals surface area contributed by atoms with Gasteiger partial charge in [0.1, 0.15) is 5.69 Å². The molecule has 5 nitrogen and oxygen atoms in total. The minimum Gasteiger partial charge on any atom is -0.266 e. The van der Waals surface area contributed by atoms with Crippen molar-refractivity contribution in [2.75, 3.05) is 0 Å². The molecule has 0 amide bonds. The molecule has 28 heavy (non-hydrogen) atoms. The van der Waals surface area contributed by atoms with Crippen molar-refractivity contribution in [3.05, 3.63) is 102 Å². The van der Waals surface area contributed by atoms with Gasteiger partial charge in [-0.15, -0.1) is 0 Å². The molecule has 140 valence electrons. The summed E-state index contributed by atoms with van der Waals surface area (Å²) in [6.45, 7) is 4.11. The highest BCUT2D eigenvalue weighted by molar-refractivity contribution is 7.15. The van der Waals surface area contributed by atoms with E-state index in [1.165, 1.54) is 21.4 Å². The maximum atomic E-state index is 12.8. The lowest BCUT2D eigenvalue weighted by Crippen LogP contribution is -2.28. The number of hydrogen-bond donors (Lipinski definition) is 0. The van der Waals surface area contributed by atoms with Gasteiger partial charge in [-0.2, -0.15) is 14.6 Å². The first kappa shape index (κ1) is 18.3. The van der Waals surface area contributed by atoms with Crippen molar-refractivity contribution in [3.63, 3.8) is 0 Å². The highest BCUT2D eigenvalue weighted by Gasteiger charge is 2.11. The smallest absolute Gasteiger partial charge is 0.266 e. The average Bonchev–Trinajstić information content (AvgIpc) is 2.99. The molecule has 0 fully saturated rings. The summed E-state index contributed by atoms with van der Waals surface area (Å²) in [5.41, 5.74) is 3.92. The van der Waals surface area contributed by atoms with E-state index in [1.807, 2.05) is 61.5 Å². The van der Waals surface area contributed by atoms with Crippen LogP contribution in [0.3, 0.4) is 0 Å². The lowest BCUT2D eigenvalue weighted by atomic mass is 10.1. The number of rotatable bonds is 4. The Morgan fingerprint density at radius 1 is 1.00 bits per heavy atom. The summed E-state index contributed by atoms with van der Waals surface area (Å²) in [5.74, 6) is 0. The SMILES string of the molecule is CCc1ccc(/C=c2/sc3nc(=O)c(Cc4ccc(C)cc4)nn3c2=O)cc1. The fourth-order valence-electron chi connectivity index (χ4n) is 2.95. The Bertz CT molecular complexity index is 1300. The molecule has 0 spiro atoms. The zero-order chi connectivity index (χ0) is 19.7. The molecule has 0 saturated heterocycles. The van der Waals surface area contributed by atoms with Crippen LogP contribution in [0.15, 0.2) is 58.1 Å². The van der Waals surface area contributed by atoms with E-state index in [1.54, 1.807) is 0 Å². The third-order valence-electron chi connectivity index (χ3n) is 4.63. The Morgan fingerprint density at radius 3 is 2.36 bits per heavy atom. The van der Waals surface area contributed by atoms with Crippen LogP contribution < -0.4 is 15.7 Å². The molecular weight excluding hydrogens is 370 g/mol. The van der Waals surface area contributed by atoms with E-state index in [4.69, 9.17) is 0 Å². The zero-order valence-corrected chi connectivity index (χ0v) is 16.5. The van der Waals surface area contributed by atoms with Gasteiger partial charge in [0.2, 0.25) is 4.96 Å². The Kier molecular flexibility index (Phi) is 4.88. The van der Waals surface area contributed by atoms with Gasteiger partial charge in [-0.3, -0.25) is 9.59 Å². The first-order valence-corrected chi connectivity index (χ1v) is 9.94. The summed E-state index contributed by atoms with van der Waals surface area (Å²) in [5, 5.41) is 4.30. The minimum atomic E-state index is -0.388. The van der Waals surface area contributed by atoms with Gasteiger partial charge in [-0.1, -0.05) is 72.4 Å². The van der Waals surface area contributed by atoms with Crippen molar-refractivity contribution in [1.29, 1.82) is 0 Å². The summed E-state index contributed by atoms with van der Waals surface area (Å²) in [4.78, 5) is 29.5. The average molecular weight is 389 g/mol. The van der Waals surface area contributed by atoms with Gasteiger partial charge in [0.05, 0.1) is 4.53 Å². The van der Waals surface area contributed by atoms with Crippen LogP contribution in [0.25, 0.3) is 11.0 Å². The number of thiazole rings is 1. The summed E-state index contributed by atoms with van der Waals surface area (Å²) in [6.07, 6.45) is 3.13. The highest BCUT2D eigenvalue weighted by Crippen LogP contribution is 2.08. The van der Waals surface area contributed by atoms with E-state index < -0.39 is 0 Å². The lowest BCUT2D eigenvalue weighted by molar-refractivity contribution is 0.811. The molecule has 2 aromatic heterocycles. The molecule has 0 atom stereocenters. The van der Waals surface area contributed by atoms with Gasteiger partial charge in [0.15, 0.2) is 0 Å². The molecule has 0 bridgehead atoms. The van der Waals surface area contributed by atoms with E-state index in [9.17, 15) is 9.59 Å². The van der Waals surface area contributed by atoms with E-state index in [-0.39, 0.29) is 16.8 Å². The van der Waals surface area contributed by atoms with Crippen molar-refractivity contribution in [3.8, 4) is 0 Å². The van der Waals surface area contributed by atoms with Gasteiger partial charge < -0.3 is 0 Å². The van der Waals surface area contributed by atoms with Gasteiger partial charge in [0, 0.05) is 6.42 Å². The fraction of sp³-hybridized carbons (Fsp3) is 0.182. The van der Waals surface area contributed by atoms with Crippen LogP contribution >= 0.6 is 11.3 Å². The van der Waals surface area contributed by atoms with Crippen LogP contribution in [-0.4, -0.2) is 14.6 Å². The fourth-order valence-corrected chi connectivity index (χ4v) is 3.86. The maximum Gasteiger partial charge on any atom is 0.296 e. The molecule has 2 aromatic carbocycles. The van der Waals surface area contributed by atoms with Gasteiger partial charge in [0.25, 0.3) is 11.1 Å². The zero-order valence-electron chi connectivity index (χ0n) is 15.7. The predicted molar refractivity (Wildman–Crippen MR) is 112 cm³/mol. The van der Waals surface area contributed by atoms with Crippen LogP contribution in [0.4, 0.5) is 0 Å². The largest absolute Gasteiger partial charge is 0.296 e. The van der Waals surface area contributed by atoms with Crippen LogP contribution in [-0.2, 0) is 12.8 Å². The van der Waals surface area contributed by atoms with Crippen LogP contribution in [0.1, 0.15) is 34.9 Å². The van der Waals surface area contributed by atoms with Gasteiger partial charge in [-0.25, -0.2) is 0 Å². The monoisotopic (exact) mass is 389 g/mol. The number of aromatic nitrogens is 3. The van der Waals surface area contributed by atoms with E-state index in [0.29, 0.717) is 15.9 Å². The third-order valence-corrected chi connectivity index (χ3v) is 5.59. The number of nitrogens with zero attached hydrogens (tertiary/aromatic N) is 3. The molecule has 0 N–H and O–H groups in total. The van der Waals surface area contributed by atoms with E-state index in [0.717, 1.165) is 23.1 Å². The normalized spacial score (nSPS) is 12.0. The summed E-state index contributed by atoms with van der Waals surface area (Å²) in [7, 11) is 0. The lowest BCUT2D eigenvalue weighted by Gasteiger charge is -2.01. The second-order valence-corrected chi connectivity index (χ2v) is 7.74. The first-order chi connectivity index (χ1) is 13.5. The Morgan fingerprint density at radius 2 is 1.68 bits per heavy atom. The maximum absolute atomic E-state index is 12.8. The molecule has 0 unspecified atom stereocenters. The number of fused-ring (bicyclic) bond motifs is 1. The van der Waals surface area contributed by atoms with Crippen LogP contribution in [0, 0.1) is 6.92 Å². The molecule has 0 radical (unpaired) electrons. The molecule has 0 aliphatic carbocycles. The second kappa shape index (κ2) is 7.48. The molecule has 6 heteroatoms. The third kappa shape index (κ3) is 3.64. The van der Waals surface area contributed by atoms with Crippen molar-refractivity contribution in [1.82, 2.24) is 14.6 Å². The summed E-state index contributed by atoms with van der Waals surface area (Å²) < 4.78 is 1.75. The highest BCUT2D eigenvalue weighted by atomic mass is 32.1. The summed E-state index contributed by atoms with van der Waals surface area (Å²) in [6, 6.07) is 15.9. The molecule has 0 aliphatic rings. The Balaban J connectivity index is 1.76. The predicted octanol–water partition coefficient (Wildman–Crippen LogP) is 2.52. The number of hydrogen-bond acceptors (Lipinski definition) is 5. The molecule has 4 aromatic rings. The van der Waals surface area contributed by atoms with Crippen LogP contribution in [0.2, 0.25) is 0 Å². The topological polar surface area (TPSA) is 64.3 Å². The van der Waals surface area contributed by atoms with Crippen molar-refractivity contribution in [2.24, 2.45) is 0 Å². The molecular formula is C22H19N3O2S. The minimum absolute atomic E-state index is 0.253. The number of benzene rings is 2. The van der Waals surface area contributed by atoms with Crippen molar-refractivity contribution >= 4 is 22.4 Å². The van der Waals surface area contributed by atoms with E-state index in [2.05, 4.69) is 17.0 Å². The standard InChI is InChI=1S/C22H19N3O2S/c1-3-15-8-10-17(11-9-15)13-19-21(27)25-22(28-19)23-20(26)18(24-25)12-16-6-4-14(2)5-7-16/h4-11,13H,3,12H2,1-2H3/b19-13+. The van der Waals surface area contributed by atoms with Gasteiger partial charge in [-0.05, 0) is 36.1 Å². The van der Waals surface area contributed by atoms with Gasteiger partial charge >= 0.3 is 0 Å². The van der Waals surface area contributed by atoms with Crippen LogP contribution in [0.5, 0.6) is 0 Å². The molecule has 0 saturated carbocycles. The molecule has 4 rings (SSSR count). The number of aryl methyl sites for hydroxylation is 2. The molecule has 2 heterocycles. The molecule has 0 aliphatic heterocycles. The van der Waals surface area contributed by atoms with Crippen molar-refractivity contribution < 1.29 is 0 Å². The quantitative estimate of drug-likeness (QED) is 0.538. The second-order valence-electron chi connectivity index (χ2n) is 6.73. The van der Waals surface area contributed by atoms with E-state index >= 15 is 0 Å². The summed E-state index contributed by atoms with van der Waals surface area (Å²) >= 11 is 1.18. The Labute approximate surface area is 165 Å². The first-order valence-electron chi connectivity index (χ1n) is 9.12. The van der Waals surface area contributed by atoms with Crippen molar-refractivity contribution in [2.45, 2.75) is 26.7 Å².